The summed E-state index contributed by atoms with van der Waals surface area (Å²) in [5, 5.41) is 0.522. The van der Waals surface area contributed by atoms with Crippen LogP contribution in [0.15, 0.2) is 41.4 Å². The summed E-state index contributed by atoms with van der Waals surface area (Å²) in [7, 11) is 0. The van der Waals surface area contributed by atoms with E-state index in [0.29, 0.717) is 5.15 Å². The molecule has 0 atom stereocenters. The van der Waals surface area contributed by atoms with Crippen molar-refractivity contribution in [2.24, 2.45) is 0 Å². The van der Waals surface area contributed by atoms with Crippen LogP contribution in [-0.2, 0) is 5.75 Å². The maximum Gasteiger partial charge on any atom is 0.129 e. The van der Waals surface area contributed by atoms with Gasteiger partial charge in [-0.25, -0.2) is 4.98 Å². The molecule has 0 unspecified atom stereocenters. The van der Waals surface area contributed by atoms with Crippen LogP contribution in [0, 0.1) is 6.92 Å². The van der Waals surface area contributed by atoms with Crippen molar-refractivity contribution < 1.29 is 0 Å². The first-order valence-corrected chi connectivity index (χ1v) is 6.61. The van der Waals surface area contributed by atoms with Gasteiger partial charge in [0.2, 0.25) is 0 Å². The molecular weight excluding hydrogens is 252 g/mol. The summed E-state index contributed by atoms with van der Waals surface area (Å²) in [5.41, 5.74) is 9.10. The predicted octanol–water partition coefficient (Wildman–Crippen LogP) is 3.92. The van der Waals surface area contributed by atoms with E-state index in [1.54, 1.807) is 24.0 Å². The van der Waals surface area contributed by atoms with Crippen LogP contribution in [0.5, 0.6) is 0 Å². The SMILES string of the molecule is Cc1ccc(N)c(SCc2ccc(Cl)nc2)c1. The monoisotopic (exact) mass is 264 g/mol. The molecule has 4 heteroatoms. The third-order valence-electron chi connectivity index (χ3n) is 2.35. The number of rotatable bonds is 3. The van der Waals surface area contributed by atoms with Crippen molar-refractivity contribution >= 4 is 29.1 Å². The number of pyridine rings is 1. The zero-order valence-corrected chi connectivity index (χ0v) is 11.1. The number of benzene rings is 1. The Balaban J connectivity index is 2.07. The number of nitrogens with zero attached hydrogens (tertiary/aromatic N) is 1. The fourth-order valence-corrected chi connectivity index (χ4v) is 2.53. The van der Waals surface area contributed by atoms with Gasteiger partial charge in [-0.3, -0.25) is 0 Å². The van der Waals surface area contributed by atoms with Gasteiger partial charge in [0.25, 0.3) is 0 Å². The van der Waals surface area contributed by atoms with Gasteiger partial charge >= 0.3 is 0 Å². The summed E-state index contributed by atoms with van der Waals surface area (Å²) in [6.45, 7) is 2.06. The Labute approximate surface area is 110 Å². The first kappa shape index (κ1) is 12.3. The average molecular weight is 265 g/mol. The lowest BCUT2D eigenvalue weighted by Crippen LogP contribution is -1.90. The molecule has 0 spiro atoms. The molecule has 2 aromatic rings. The zero-order valence-electron chi connectivity index (χ0n) is 9.48. The van der Waals surface area contributed by atoms with E-state index in [1.807, 2.05) is 18.2 Å². The molecule has 1 aromatic heterocycles. The highest BCUT2D eigenvalue weighted by molar-refractivity contribution is 7.98. The van der Waals surface area contributed by atoms with Crippen LogP contribution < -0.4 is 5.73 Å². The molecule has 0 aliphatic heterocycles. The quantitative estimate of drug-likeness (QED) is 0.519. The van der Waals surface area contributed by atoms with Crippen LogP contribution in [0.1, 0.15) is 11.1 Å². The highest BCUT2D eigenvalue weighted by Crippen LogP contribution is 2.28. The molecule has 88 valence electrons. The Morgan fingerprint density at radius 2 is 2.12 bits per heavy atom. The first-order chi connectivity index (χ1) is 8.15. The largest absolute Gasteiger partial charge is 0.398 e. The molecule has 17 heavy (non-hydrogen) atoms. The number of aromatic nitrogens is 1. The van der Waals surface area contributed by atoms with Crippen LogP contribution in [0.3, 0.4) is 0 Å². The van der Waals surface area contributed by atoms with Crippen molar-refractivity contribution in [3.63, 3.8) is 0 Å². The molecule has 0 aliphatic rings. The maximum absolute atomic E-state index is 5.92. The predicted molar refractivity (Wildman–Crippen MR) is 74.4 cm³/mol. The van der Waals surface area contributed by atoms with Crippen LogP contribution in [0.2, 0.25) is 5.15 Å². The second kappa shape index (κ2) is 5.43. The van der Waals surface area contributed by atoms with Gasteiger partial charge in [-0.1, -0.05) is 23.7 Å². The van der Waals surface area contributed by atoms with E-state index >= 15 is 0 Å². The van der Waals surface area contributed by atoms with Gasteiger partial charge in [-0.05, 0) is 36.2 Å². The Kier molecular flexibility index (Phi) is 3.92. The van der Waals surface area contributed by atoms with E-state index in [4.69, 9.17) is 17.3 Å². The zero-order chi connectivity index (χ0) is 12.3. The second-order valence-electron chi connectivity index (χ2n) is 3.82. The van der Waals surface area contributed by atoms with Crippen molar-refractivity contribution in [1.82, 2.24) is 4.98 Å². The fourth-order valence-electron chi connectivity index (χ4n) is 1.42. The van der Waals surface area contributed by atoms with Gasteiger partial charge in [-0.2, -0.15) is 0 Å². The van der Waals surface area contributed by atoms with Crippen LogP contribution >= 0.6 is 23.4 Å². The number of hydrogen-bond acceptors (Lipinski definition) is 3. The first-order valence-electron chi connectivity index (χ1n) is 5.24. The smallest absolute Gasteiger partial charge is 0.129 e. The van der Waals surface area contributed by atoms with Gasteiger partial charge in [0, 0.05) is 22.5 Å². The number of aryl methyl sites for hydroxylation is 1. The molecule has 0 aliphatic carbocycles. The second-order valence-corrected chi connectivity index (χ2v) is 5.22. The number of anilines is 1. The lowest BCUT2D eigenvalue weighted by atomic mass is 10.2. The minimum Gasteiger partial charge on any atom is -0.398 e. The Hall–Kier alpha value is -1.19. The van der Waals surface area contributed by atoms with Gasteiger partial charge in [0.1, 0.15) is 5.15 Å². The molecule has 2 nitrogen and oxygen atoms in total. The lowest BCUT2D eigenvalue weighted by molar-refractivity contribution is 1.25. The molecule has 2 rings (SSSR count). The maximum atomic E-state index is 5.92. The number of halogens is 1. The Bertz CT molecular complexity index is 511. The third kappa shape index (κ3) is 3.38. The third-order valence-corrected chi connectivity index (χ3v) is 3.72. The molecule has 1 heterocycles. The van der Waals surface area contributed by atoms with Crippen molar-refractivity contribution in [3.05, 3.63) is 52.8 Å². The minimum absolute atomic E-state index is 0.522. The van der Waals surface area contributed by atoms with E-state index in [1.165, 1.54) is 5.56 Å². The number of nitrogen functional groups attached to an aromatic ring is 1. The normalized spacial score (nSPS) is 10.5. The standard InChI is InChI=1S/C13H13ClN2S/c1-9-2-4-11(15)12(6-9)17-8-10-3-5-13(14)16-7-10/h2-7H,8,15H2,1H3. The van der Waals surface area contributed by atoms with E-state index in [9.17, 15) is 0 Å². The van der Waals surface area contributed by atoms with E-state index in [-0.39, 0.29) is 0 Å². The summed E-state index contributed by atoms with van der Waals surface area (Å²) >= 11 is 7.45. The molecule has 2 N–H and O–H groups in total. The summed E-state index contributed by atoms with van der Waals surface area (Å²) in [5.74, 6) is 0.845. The Morgan fingerprint density at radius 3 is 2.82 bits per heavy atom. The van der Waals surface area contributed by atoms with Gasteiger partial charge < -0.3 is 5.73 Å². The molecule has 0 fully saturated rings. The van der Waals surface area contributed by atoms with Crippen LogP contribution in [0.25, 0.3) is 0 Å². The average Bonchev–Trinajstić information content (AvgIpc) is 2.32. The molecule has 0 bridgehead atoms. The van der Waals surface area contributed by atoms with Gasteiger partial charge in [0.05, 0.1) is 0 Å². The van der Waals surface area contributed by atoms with Crippen molar-refractivity contribution in [2.45, 2.75) is 17.6 Å². The number of hydrogen-bond donors (Lipinski definition) is 1. The summed E-state index contributed by atoms with van der Waals surface area (Å²) in [6, 6.07) is 9.84. The van der Waals surface area contributed by atoms with Crippen molar-refractivity contribution in [2.75, 3.05) is 5.73 Å². The molecule has 1 aromatic carbocycles. The van der Waals surface area contributed by atoms with E-state index in [2.05, 4.69) is 18.0 Å². The number of nitrogens with two attached hydrogens (primary N) is 1. The summed E-state index contributed by atoms with van der Waals surface area (Å²) in [6.07, 6.45) is 1.79. The molecule has 0 saturated carbocycles. The molecular formula is C13H13ClN2S. The Morgan fingerprint density at radius 1 is 1.29 bits per heavy atom. The molecule has 0 amide bonds. The topological polar surface area (TPSA) is 38.9 Å². The highest BCUT2D eigenvalue weighted by Gasteiger charge is 2.01. The fraction of sp³-hybridized carbons (Fsp3) is 0.154. The lowest BCUT2D eigenvalue weighted by Gasteiger charge is -2.06. The van der Waals surface area contributed by atoms with E-state index < -0.39 is 0 Å². The van der Waals surface area contributed by atoms with Crippen molar-refractivity contribution in [1.29, 1.82) is 0 Å². The highest BCUT2D eigenvalue weighted by atomic mass is 35.5. The molecule has 0 radical (unpaired) electrons. The van der Waals surface area contributed by atoms with Crippen molar-refractivity contribution in [3.8, 4) is 0 Å². The van der Waals surface area contributed by atoms with Crippen LogP contribution in [-0.4, -0.2) is 4.98 Å². The minimum atomic E-state index is 0.522. The van der Waals surface area contributed by atoms with Gasteiger partial charge in [-0.15, -0.1) is 11.8 Å². The number of thioether (sulfide) groups is 1. The van der Waals surface area contributed by atoms with E-state index in [0.717, 1.165) is 21.9 Å². The van der Waals surface area contributed by atoms with Gasteiger partial charge in [0.15, 0.2) is 0 Å². The molecule has 0 saturated heterocycles. The summed E-state index contributed by atoms with van der Waals surface area (Å²) in [4.78, 5) is 5.16. The summed E-state index contributed by atoms with van der Waals surface area (Å²) < 4.78 is 0. The van der Waals surface area contributed by atoms with Crippen LogP contribution in [0.4, 0.5) is 5.69 Å².